The fourth-order valence-corrected chi connectivity index (χ4v) is 8.57. The molecule has 5 heteroatoms. The van der Waals surface area contributed by atoms with Gasteiger partial charge in [-0.25, -0.2) is 4.98 Å². The van der Waals surface area contributed by atoms with Crippen LogP contribution in [-0.4, -0.2) is 24.1 Å². The van der Waals surface area contributed by atoms with Gasteiger partial charge in [0.15, 0.2) is 11.6 Å². The maximum atomic E-state index is 5.32. The number of benzene rings is 8. The number of hydrogen-bond donors (Lipinski definition) is 0. The van der Waals surface area contributed by atoms with E-state index in [-0.39, 0.29) is 0 Å². The smallest absolute Gasteiger partial charge is 0.238 e. The van der Waals surface area contributed by atoms with E-state index in [9.17, 15) is 0 Å². The van der Waals surface area contributed by atoms with Gasteiger partial charge in [0.2, 0.25) is 5.95 Å². The van der Waals surface area contributed by atoms with E-state index in [4.69, 9.17) is 15.0 Å². The first-order valence-corrected chi connectivity index (χ1v) is 18.8. The molecule has 0 unspecified atom stereocenters. The molecule has 0 radical (unpaired) electrons. The largest absolute Gasteiger partial charge is 0.307 e. The molecule has 0 saturated heterocycles. The van der Waals surface area contributed by atoms with Gasteiger partial charge in [-0.15, -0.1) is 0 Å². The second-order valence-corrected chi connectivity index (χ2v) is 14.1. The molecular formula is C51H33N5. The summed E-state index contributed by atoms with van der Waals surface area (Å²) in [5.74, 6) is 1.77. The van der Waals surface area contributed by atoms with Crippen LogP contribution in [0.2, 0.25) is 0 Å². The van der Waals surface area contributed by atoms with Crippen LogP contribution in [0.1, 0.15) is 11.1 Å². The quantitative estimate of drug-likeness (QED) is 0.172. The fraction of sp³-hybridized carbons (Fsp3) is 0. The van der Waals surface area contributed by atoms with Crippen molar-refractivity contribution in [2.75, 3.05) is 0 Å². The predicted molar refractivity (Wildman–Crippen MR) is 235 cm³/mol. The normalized spacial score (nSPS) is 11.7. The lowest BCUT2D eigenvalue weighted by molar-refractivity contribution is 0.953. The third kappa shape index (κ3) is 4.71. The Hall–Kier alpha value is -7.63. The van der Waals surface area contributed by atoms with Crippen LogP contribution in [0.5, 0.6) is 0 Å². The first kappa shape index (κ1) is 31.9. The van der Waals surface area contributed by atoms with Crippen molar-refractivity contribution in [2.24, 2.45) is 0 Å². The van der Waals surface area contributed by atoms with Crippen molar-refractivity contribution in [3.8, 4) is 34.4 Å². The van der Waals surface area contributed by atoms with Crippen molar-refractivity contribution >= 4 is 77.3 Å². The van der Waals surface area contributed by atoms with E-state index in [0.29, 0.717) is 17.6 Å². The van der Waals surface area contributed by atoms with Gasteiger partial charge in [0.25, 0.3) is 0 Å². The lowest BCUT2D eigenvalue weighted by atomic mass is 10.0. The number of fused-ring (bicyclic) bond motifs is 11. The second kappa shape index (κ2) is 12.5. The number of hydrogen-bond acceptors (Lipinski definition) is 3. The van der Waals surface area contributed by atoms with Gasteiger partial charge in [-0.2, -0.15) is 9.97 Å². The zero-order valence-electron chi connectivity index (χ0n) is 30.4. The molecule has 3 heterocycles. The summed E-state index contributed by atoms with van der Waals surface area (Å²) in [5, 5.41) is 9.35. The third-order valence-corrected chi connectivity index (χ3v) is 11.1. The van der Waals surface area contributed by atoms with Gasteiger partial charge in [0.05, 0.1) is 22.1 Å². The molecular weight excluding hydrogens is 683 g/mol. The molecule has 262 valence electrons. The molecule has 0 fully saturated rings. The molecule has 56 heavy (non-hydrogen) atoms. The van der Waals surface area contributed by atoms with Crippen molar-refractivity contribution < 1.29 is 0 Å². The van der Waals surface area contributed by atoms with E-state index in [1.165, 1.54) is 26.9 Å². The van der Waals surface area contributed by atoms with Gasteiger partial charge in [-0.05, 0) is 56.9 Å². The zero-order valence-corrected chi connectivity index (χ0v) is 30.4. The molecule has 8 aromatic carbocycles. The predicted octanol–water partition coefficient (Wildman–Crippen LogP) is 13.0. The van der Waals surface area contributed by atoms with Crippen molar-refractivity contribution in [3.63, 3.8) is 0 Å². The summed E-state index contributed by atoms with van der Waals surface area (Å²) in [6.45, 7) is 8.25. The number of rotatable bonds is 6. The lowest BCUT2D eigenvalue weighted by Gasteiger charge is -2.14. The Balaban J connectivity index is 1.38. The zero-order chi connectivity index (χ0) is 37.3. The highest BCUT2D eigenvalue weighted by molar-refractivity contribution is 6.31. The molecule has 0 aliphatic rings. The minimum absolute atomic E-state index is 0.552. The van der Waals surface area contributed by atoms with Crippen LogP contribution in [0.15, 0.2) is 177 Å². The van der Waals surface area contributed by atoms with E-state index in [0.717, 1.165) is 66.2 Å². The van der Waals surface area contributed by atoms with Crippen LogP contribution < -0.4 is 0 Å². The highest BCUT2D eigenvalue weighted by atomic mass is 15.2. The Kier molecular flexibility index (Phi) is 7.09. The van der Waals surface area contributed by atoms with Gasteiger partial charge in [-0.3, -0.25) is 4.57 Å². The summed E-state index contributed by atoms with van der Waals surface area (Å²) in [7, 11) is 0. The number of aromatic nitrogens is 5. The van der Waals surface area contributed by atoms with Crippen LogP contribution in [-0.2, 0) is 0 Å². The summed E-state index contributed by atoms with van der Waals surface area (Å²) in [5.41, 5.74) is 9.14. The number of nitrogens with zero attached hydrogens (tertiary/aromatic N) is 5. The average Bonchev–Trinajstić information content (AvgIpc) is 3.80. The van der Waals surface area contributed by atoms with Gasteiger partial charge < -0.3 is 4.57 Å². The van der Waals surface area contributed by atoms with Crippen LogP contribution in [0, 0.1) is 0 Å². The summed E-state index contributed by atoms with van der Waals surface area (Å²) in [6.07, 6.45) is 3.79. The molecule has 5 nitrogen and oxygen atoms in total. The maximum absolute atomic E-state index is 5.32. The monoisotopic (exact) mass is 715 g/mol. The molecule has 11 rings (SSSR count). The minimum Gasteiger partial charge on any atom is -0.307 e. The molecule has 0 amide bonds. The summed E-state index contributed by atoms with van der Waals surface area (Å²) < 4.78 is 4.68. The van der Waals surface area contributed by atoms with E-state index < -0.39 is 0 Å². The lowest BCUT2D eigenvalue weighted by Crippen LogP contribution is -2.07. The van der Waals surface area contributed by atoms with Gasteiger partial charge in [-0.1, -0.05) is 165 Å². The molecule has 3 aromatic heterocycles. The molecule has 0 aliphatic heterocycles. The summed E-state index contributed by atoms with van der Waals surface area (Å²) in [6, 6.07) is 57.6. The van der Waals surface area contributed by atoms with Crippen LogP contribution >= 0.6 is 0 Å². The van der Waals surface area contributed by atoms with Crippen molar-refractivity contribution in [1.29, 1.82) is 0 Å². The van der Waals surface area contributed by atoms with Gasteiger partial charge in [0.1, 0.15) is 0 Å². The fourth-order valence-electron chi connectivity index (χ4n) is 8.57. The Labute approximate surface area is 322 Å². The van der Waals surface area contributed by atoms with Gasteiger partial charge >= 0.3 is 0 Å². The summed E-state index contributed by atoms with van der Waals surface area (Å²) in [4.78, 5) is 15.7. The maximum Gasteiger partial charge on any atom is 0.238 e. The Morgan fingerprint density at radius 2 is 0.911 bits per heavy atom. The molecule has 11 aromatic rings. The summed E-state index contributed by atoms with van der Waals surface area (Å²) >= 11 is 0. The van der Waals surface area contributed by atoms with Crippen LogP contribution in [0.25, 0.3) is 112 Å². The van der Waals surface area contributed by atoms with E-state index >= 15 is 0 Å². The van der Waals surface area contributed by atoms with E-state index in [2.05, 4.69) is 150 Å². The molecule has 0 saturated carbocycles. The van der Waals surface area contributed by atoms with Crippen molar-refractivity contribution in [3.05, 3.63) is 188 Å². The van der Waals surface area contributed by atoms with Crippen molar-refractivity contribution in [2.45, 2.75) is 0 Å². The van der Waals surface area contributed by atoms with Crippen LogP contribution in [0.4, 0.5) is 0 Å². The molecule has 0 spiro atoms. The molecule has 0 N–H and O–H groups in total. The first-order valence-electron chi connectivity index (χ1n) is 18.8. The topological polar surface area (TPSA) is 48.5 Å². The molecule has 0 bridgehead atoms. The second-order valence-electron chi connectivity index (χ2n) is 14.1. The minimum atomic E-state index is 0.552. The average molecular weight is 716 g/mol. The van der Waals surface area contributed by atoms with E-state index in [1.807, 2.05) is 48.6 Å². The SMILES string of the molecule is C=Cc1ccc(-n2c3ccc4ccccc4c3c3ccc4c5c6ccccc6ccc5n(-c5nc(-c6ccccc6)nc(-c6ccccc6)n5)c4c32)cc1C=C. The Morgan fingerprint density at radius 3 is 1.46 bits per heavy atom. The van der Waals surface area contributed by atoms with Gasteiger partial charge in [0, 0.05) is 38.4 Å². The molecule has 0 aliphatic carbocycles. The Morgan fingerprint density at radius 1 is 0.411 bits per heavy atom. The highest BCUT2D eigenvalue weighted by Crippen LogP contribution is 2.45. The third-order valence-electron chi connectivity index (χ3n) is 11.1. The first-order chi connectivity index (χ1) is 27.7. The standard InChI is InChI=1S/C51H33N5/c1-3-32-23-26-38(31-33(32)4-2)55-43-29-24-34-15-11-13-21-39(34)45(43)41-27-28-42-46-40-22-14-12-16-35(40)25-30-44(46)56(48(42)47(41)55)51-53-49(36-17-7-5-8-18-36)52-50(54-51)37-19-9-6-10-20-37/h3-31H,1-2H2. The van der Waals surface area contributed by atoms with E-state index in [1.54, 1.807) is 0 Å². The Bertz CT molecular complexity index is 3330. The molecule has 0 atom stereocenters. The van der Waals surface area contributed by atoms with Crippen LogP contribution in [0.3, 0.4) is 0 Å². The highest BCUT2D eigenvalue weighted by Gasteiger charge is 2.25. The van der Waals surface area contributed by atoms with Crippen molar-refractivity contribution in [1.82, 2.24) is 24.1 Å².